The summed E-state index contributed by atoms with van der Waals surface area (Å²) >= 11 is 1.35. The van der Waals surface area contributed by atoms with Crippen LogP contribution in [0.4, 0.5) is 5.69 Å². The highest BCUT2D eigenvalue weighted by molar-refractivity contribution is 7.91. The number of sulfonamides is 1. The van der Waals surface area contributed by atoms with Gasteiger partial charge in [-0.3, -0.25) is 0 Å². The maximum Gasteiger partial charge on any atom is 0.252 e. The van der Waals surface area contributed by atoms with E-state index in [0.717, 1.165) is 30.8 Å². The molecule has 0 bridgehead atoms. The fourth-order valence-corrected chi connectivity index (χ4v) is 6.31. The molecule has 1 aromatic carbocycles. The first-order valence-electron chi connectivity index (χ1n) is 8.89. The second-order valence-corrected chi connectivity index (χ2v) is 9.84. The number of para-hydroxylation sites is 1. The number of anilines is 1. The molecular formula is C19H26N2O2S2. The predicted octanol–water partition coefficient (Wildman–Crippen LogP) is 3.69. The van der Waals surface area contributed by atoms with Crippen LogP contribution in [0.3, 0.4) is 0 Å². The lowest BCUT2D eigenvalue weighted by Crippen LogP contribution is -2.49. The summed E-state index contributed by atoms with van der Waals surface area (Å²) in [7, 11) is -3.35. The van der Waals surface area contributed by atoms with Crippen LogP contribution in [0.2, 0.25) is 0 Å². The van der Waals surface area contributed by atoms with Crippen LogP contribution < -0.4 is 4.90 Å². The van der Waals surface area contributed by atoms with Crippen molar-refractivity contribution in [1.82, 2.24) is 4.31 Å². The third-order valence-electron chi connectivity index (χ3n) is 4.83. The van der Waals surface area contributed by atoms with E-state index < -0.39 is 10.0 Å². The molecule has 0 N–H and O–H groups in total. The standard InChI is InChI=1S/C19H26N2O2S2/c1-4-16-7-6-8-17(5-2)19(16)20-11-13-21(14-12-20)25(22,23)18-10-9-15(3)24-18/h6-10H,4-5,11-14H2,1-3H3. The molecule has 136 valence electrons. The normalized spacial score (nSPS) is 16.4. The average Bonchev–Trinajstić information content (AvgIpc) is 3.08. The van der Waals surface area contributed by atoms with E-state index in [1.54, 1.807) is 10.4 Å². The summed E-state index contributed by atoms with van der Waals surface area (Å²) in [5.41, 5.74) is 4.02. The summed E-state index contributed by atoms with van der Waals surface area (Å²) < 4.78 is 27.7. The van der Waals surface area contributed by atoms with Gasteiger partial charge in [0.1, 0.15) is 4.21 Å². The first-order valence-corrected chi connectivity index (χ1v) is 11.1. The van der Waals surface area contributed by atoms with E-state index in [9.17, 15) is 8.42 Å². The van der Waals surface area contributed by atoms with Gasteiger partial charge in [-0.05, 0) is 43.0 Å². The third kappa shape index (κ3) is 3.61. The summed E-state index contributed by atoms with van der Waals surface area (Å²) in [6, 6.07) is 10.1. The Hall–Kier alpha value is -1.37. The SMILES string of the molecule is CCc1cccc(CC)c1N1CCN(S(=O)(=O)c2ccc(C)s2)CC1. The smallest absolute Gasteiger partial charge is 0.252 e. The minimum Gasteiger partial charge on any atom is -0.368 e. The van der Waals surface area contributed by atoms with Crippen molar-refractivity contribution < 1.29 is 8.42 Å². The van der Waals surface area contributed by atoms with Crippen LogP contribution in [0.25, 0.3) is 0 Å². The quantitative estimate of drug-likeness (QED) is 0.797. The molecule has 0 atom stereocenters. The minimum absolute atomic E-state index is 0.460. The maximum absolute atomic E-state index is 12.8. The molecule has 3 rings (SSSR count). The topological polar surface area (TPSA) is 40.6 Å². The van der Waals surface area contributed by atoms with Crippen LogP contribution in [0.1, 0.15) is 29.9 Å². The molecule has 1 aromatic heterocycles. The number of aryl methyl sites for hydroxylation is 3. The first kappa shape index (κ1) is 18.4. The van der Waals surface area contributed by atoms with Gasteiger partial charge in [-0.25, -0.2) is 8.42 Å². The van der Waals surface area contributed by atoms with Gasteiger partial charge >= 0.3 is 0 Å². The van der Waals surface area contributed by atoms with Gasteiger partial charge in [0.25, 0.3) is 10.0 Å². The Balaban J connectivity index is 1.79. The van der Waals surface area contributed by atoms with Gasteiger partial charge in [-0.2, -0.15) is 4.31 Å². The van der Waals surface area contributed by atoms with Gasteiger partial charge in [0.15, 0.2) is 0 Å². The van der Waals surface area contributed by atoms with Crippen molar-refractivity contribution in [1.29, 1.82) is 0 Å². The van der Waals surface area contributed by atoms with E-state index in [4.69, 9.17) is 0 Å². The Morgan fingerprint density at radius 1 is 0.960 bits per heavy atom. The van der Waals surface area contributed by atoms with Gasteiger partial charge in [-0.15, -0.1) is 11.3 Å². The highest BCUT2D eigenvalue weighted by atomic mass is 32.2. The molecule has 4 nitrogen and oxygen atoms in total. The van der Waals surface area contributed by atoms with E-state index in [0.29, 0.717) is 17.3 Å². The van der Waals surface area contributed by atoms with Crippen molar-refractivity contribution in [2.24, 2.45) is 0 Å². The number of rotatable bonds is 5. The van der Waals surface area contributed by atoms with Crippen LogP contribution in [0.5, 0.6) is 0 Å². The number of nitrogens with zero attached hydrogens (tertiary/aromatic N) is 2. The van der Waals surface area contributed by atoms with Gasteiger partial charge in [0.05, 0.1) is 0 Å². The Morgan fingerprint density at radius 3 is 2.04 bits per heavy atom. The molecule has 0 spiro atoms. The molecule has 0 radical (unpaired) electrons. The monoisotopic (exact) mass is 378 g/mol. The zero-order valence-corrected chi connectivity index (χ0v) is 16.8. The Bertz CT molecular complexity index is 813. The molecule has 2 aromatic rings. The largest absolute Gasteiger partial charge is 0.368 e. The van der Waals surface area contributed by atoms with Crippen molar-refractivity contribution in [2.45, 2.75) is 37.8 Å². The van der Waals surface area contributed by atoms with Crippen molar-refractivity contribution in [3.05, 3.63) is 46.3 Å². The summed E-state index contributed by atoms with van der Waals surface area (Å²) in [5, 5.41) is 0. The van der Waals surface area contributed by atoms with Crippen molar-refractivity contribution in [3.63, 3.8) is 0 Å². The molecule has 1 saturated heterocycles. The lowest BCUT2D eigenvalue weighted by molar-refractivity contribution is 0.385. The van der Waals surface area contributed by atoms with Crippen molar-refractivity contribution >= 4 is 27.0 Å². The first-order chi connectivity index (χ1) is 12.0. The number of benzene rings is 1. The zero-order valence-electron chi connectivity index (χ0n) is 15.2. The molecule has 25 heavy (non-hydrogen) atoms. The molecule has 1 aliphatic rings. The van der Waals surface area contributed by atoms with E-state index in [-0.39, 0.29) is 0 Å². The molecule has 0 saturated carbocycles. The Kier molecular flexibility index (Phi) is 5.51. The van der Waals surface area contributed by atoms with Crippen LogP contribution in [-0.2, 0) is 22.9 Å². The van der Waals surface area contributed by atoms with E-state index >= 15 is 0 Å². The number of hydrogen-bond donors (Lipinski definition) is 0. The Labute approximate surface area is 155 Å². The van der Waals surface area contributed by atoms with Crippen molar-refractivity contribution in [2.75, 3.05) is 31.1 Å². The fraction of sp³-hybridized carbons (Fsp3) is 0.474. The van der Waals surface area contributed by atoms with Gasteiger partial charge in [0.2, 0.25) is 0 Å². The molecule has 0 aliphatic carbocycles. The van der Waals surface area contributed by atoms with Crippen LogP contribution in [0, 0.1) is 6.92 Å². The zero-order chi connectivity index (χ0) is 18.0. The summed E-state index contributed by atoms with van der Waals surface area (Å²) in [4.78, 5) is 3.39. The van der Waals surface area contributed by atoms with Crippen molar-refractivity contribution in [3.8, 4) is 0 Å². The summed E-state index contributed by atoms with van der Waals surface area (Å²) in [6.45, 7) is 8.87. The third-order valence-corrected chi connectivity index (χ3v) is 8.20. The van der Waals surface area contributed by atoms with Crippen LogP contribution in [-0.4, -0.2) is 38.9 Å². The van der Waals surface area contributed by atoms with E-state index in [1.165, 1.54) is 28.2 Å². The highest BCUT2D eigenvalue weighted by Gasteiger charge is 2.30. The fourth-order valence-electron chi connectivity index (χ4n) is 3.45. The maximum atomic E-state index is 12.8. The molecule has 1 aliphatic heterocycles. The predicted molar refractivity (Wildman–Crippen MR) is 105 cm³/mol. The lowest BCUT2D eigenvalue weighted by atomic mass is 10.0. The number of hydrogen-bond acceptors (Lipinski definition) is 4. The van der Waals surface area contributed by atoms with Crippen LogP contribution >= 0.6 is 11.3 Å². The molecule has 2 heterocycles. The summed E-state index contributed by atoms with van der Waals surface area (Å²) in [5.74, 6) is 0. The molecular weight excluding hydrogens is 352 g/mol. The van der Waals surface area contributed by atoms with Gasteiger partial charge in [-0.1, -0.05) is 32.0 Å². The second kappa shape index (κ2) is 7.48. The minimum atomic E-state index is -3.35. The molecule has 0 amide bonds. The Morgan fingerprint density at radius 2 is 1.56 bits per heavy atom. The van der Waals surface area contributed by atoms with Gasteiger partial charge in [0, 0.05) is 36.7 Å². The number of thiophene rings is 1. The number of piperazine rings is 1. The van der Waals surface area contributed by atoms with Gasteiger partial charge < -0.3 is 4.90 Å². The molecule has 1 fully saturated rings. The molecule has 6 heteroatoms. The second-order valence-electron chi connectivity index (χ2n) is 6.39. The van der Waals surface area contributed by atoms with Crippen LogP contribution in [0.15, 0.2) is 34.5 Å². The van der Waals surface area contributed by atoms with E-state index in [2.05, 4.69) is 36.9 Å². The molecule has 0 unspecified atom stereocenters. The van der Waals surface area contributed by atoms with E-state index in [1.807, 2.05) is 13.0 Å². The highest BCUT2D eigenvalue weighted by Crippen LogP contribution is 2.30. The average molecular weight is 379 g/mol. The summed E-state index contributed by atoms with van der Waals surface area (Å²) in [6.07, 6.45) is 1.99. The lowest BCUT2D eigenvalue weighted by Gasteiger charge is -2.37.